The molecule has 0 unspecified atom stereocenters. The first kappa shape index (κ1) is 17.2. The first-order valence-electron chi connectivity index (χ1n) is 7.18. The lowest BCUT2D eigenvalue weighted by molar-refractivity contribution is -0.121. The molecule has 0 atom stereocenters. The van der Waals surface area contributed by atoms with Gasteiger partial charge in [0.05, 0.1) is 15.9 Å². The molecule has 1 heterocycles. The average molecular weight is 345 g/mol. The smallest absolute Gasteiger partial charge is 0.241 e. The Morgan fingerprint density at radius 2 is 2.00 bits per heavy atom. The van der Waals surface area contributed by atoms with Crippen molar-refractivity contribution in [2.75, 3.05) is 26.2 Å². The molecule has 0 bridgehead atoms. The summed E-state index contributed by atoms with van der Waals surface area (Å²) in [7, 11) is 0. The van der Waals surface area contributed by atoms with Crippen LogP contribution in [0.25, 0.3) is 0 Å². The minimum absolute atomic E-state index is 0.0163. The molecule has 0 fully saturated rings. The molecule has 114 valence electrons. The molecule has 0 aliphatic heterocycles. The highest BCUT2D eigenvalue weighted by Gasteiger charge is 2.11. The van der Waals surface area contributed by atoms with E-state index in [1.165, 1.54) is 0 Å². The fourth-order valence-corrected chi connectivity index (χ4v) is 2.38. The van der Waals surface area contributed by atoms with Crippen LogP contribution < -0.4 is 5.32 Å². The lowest BCUT2D eigenvalue weighted by Crippen LogP contribution is -2.32. The van der Waals surface area contributed by atoms with E-state index in [1.54, 1.807) is 4.68 Å². The predicted molar refractivity (Wildman–Crippen MR) is 84.8 cm³/mol. The van der Waals surface area contributed by atoms with E-state index >= 15 is 0 Å². The van der Waals surface area contributed by atoms with E-state index in [1.807, 2.05) is 13.8 Å². The quantitative estimate of drug-likeness (QED) is 0.734. The van der Waals surface area contributed by atoms with Crippen LogP contribution in [0.4, 0.5) is 0 Å². The molecule has 1 N–H and O–H groups in total. The molecule has 5 nitrogen and oxygen atoms in total. The van der Waals surface area contributed by atoms with Crippen LogP contribution in [0.5, 0.6) is 0 Å². The Labute approximate surface area is 129 Å². The van der Waals surface area contributed by atoms with Crippen LogP contribution in [0.1, 0.15) is 31.7 Å². The highest BCUT2D eigenvalue weighted by molar-refractivity contribution is 9.10. The standard InChI is InChI=1S/C14H25BrN4O/c1-5-18(6-2)9-7-8-16-13(20)10-19-12(4)14(15)11(3)17-19/h5-10H2,1-4H3,(H,16,20). The summed E-state index contributed by atoms with van der Waals surface area (Å²) in [6.45, 7) is 12.3. The van der Waals surface area contributed by atoms with Gasteiger partial charge in [0.25, 0.3) is 0 Å². The van der Waals surface area contributed by atoms with Crippen molar-refractivity contribution in [3.63, 3.8) is 0 Å². The van der Waals surface area contributed by atoms with E-state index < -0.39 is 0 Å². The number of hydrogen-bond acceptors (Lipinski definition) is 3. The van der Waals surface area contributed by atoms with Crippen molar-refractivity contribution in [2.45, 2.75) is 40.7 Å². The molecule has 0 aliphatic rings. The summed E-state index contributed by atoms with van der Waals surface area (Å²) in [5.74, 6) is 0.0163. The number of carbonyl (C=O) groups excluding carboxylic acids is 1. The van der Waals surface area contributed by atoms with Crippen molar-refractivity contribution in [1.82, 2.24) is 20.0 Å². The van der Waals surface area contributed by atoms with Gasteiger partial charge in [0.1, 0.15) is 6.54 Å². The molecule has 1 rings (SSSR count). The Morgan fingerprint density at radius 3 is 2.50 bits per heavy atom. The molecule has 0 aliphatic carbocycles. The van der Waals surface area contributed by atoms with Gasteiger partial charge in [-0.25, -0.2) is 0 Å². The maximum Gasteiger partial charge on any atom is 0.241 e. The molecule has 0 saturated heterocycles. The van der Waals surface area contributed by atoms with Gasteiger partial charge in [0, 0.05) is 6.54 Å². The minimum atomic E-state index is 0.0163. The van der Waals surface area contributed by atoms with Gasteiger partial charge in [-0.3, -0.25) is 9.48 Å². The van der Waals surface area contributed by atoms with Crippen LogP contribution in [0.2, 0.25) is 0 Å². The third kappa shape index (κ3) is 4.90. The van der Waals surface area contributed by atoms with Crippen molar-refractivity contribution >= 4 is 21.8 Å². The summed E-state index contributed by atoms with van der Waals surface area (Å²) in [4.78, 5) is 14.2. The van der Waals surface area contributed by atoms with Crippen molar-refractivity contribution < 1.29 is 4.79 Å². The van der Waals surface area contributed by atoms with Crippen LogP contribution in [0, 0.1) is 13.8 Å². The molecule has 1 aromatic heterocycles. The number of carbonyl (C=O) groups is 1. The number of hydrogen-bond donors (Lipinski definition) is 1. The van der Waals surface area contributed by atoms with Crippen molar-refractivity contribution in [2.24, 2.45) is 0 Å². The average Bonchev–Trinajstić information content (AvgIpc) is 2.66. The molecule has 0 aromatic carbocycles. The monoisotopic (exact) mass is 344 g/mol. The fourth-order valence-electron chi connectivity index (χ4n) is 2.09. The Balaban J connectivity index is 2.32. The predicted octanol–water partition coefficient (Wildman–Crippen LogP) is 2.11. The molecule has 1 aromatic rings. The number of amides is 1. The second-order valence-corrected chi connectivity index (χ2v) is 5.67. The Kier molecular flexibility index (Phi) is 7.23. The van der Waals surface area contributed by atoms with Gasteiger partial charge in [0.2, 0.25) is 5.91 Å². The lowest BCUT2D eigenvalue weighted by atomic mass is 10.3. The van der Waals surface area contributed by atoms with Gasteiger partial charge in [-0.15, -0.1) is 0 Å². The maximum absolute atomic E-state index is 11.9. The van der Waals surface area contributed by atoms with Gasteiger partial charge in [0.15, 0.2) is 0 Å². The zero-order valence-corrected chi connectivity index (χ0v) is 14.5. The van der Waals surface area contributed by atoms with Crippen LogP contribution in [0.15, 0.2) is 4.47 Å². The third-order valence-electron chi connectivity index (χ3n) is 3.45. The second kappa shape index (κ2) is 8.42. The van der Waals surface area contributed by atoms with Gasteiger partial charge in [-0.2, -0.15) is 5.10 Å². The van der Waals surface area contributed by atoms with Crippen molar-refractivity contribution in [3.05, 3.63) is 15.9 Å². The fraction of sp³-hybridized carbons (Fsp3) is 0.714. The van der Waals surface area contributed by atoms with Gasteiger partial charge in [-0.05, 0) is 55.8 Å². The summed E-state index contributed by atoms with van der Waals surface area (Å²) in [6.07, 6.45) is 0.980. The Bertz CT molecular complexity index is 441. The maximum atomic E-state index is 11.9. The van der Waals surface area contributed by atoms with E-state index in [9.17, 15) is 4.79 Å². The number of aromatic nitrogens is 2. The molecular weight excluding hydrogens is 320 g/mol. The van der Waals surface area contributed by atoms with Crippen LogP contribution in [0.3, 0.4) is 0 Å². The normalized spacial score (nSPS) is 11.1. The van der Waals surface area contributed by atoms with Crippen LogP contribution >= 0.6 is 15.9 Å². The first-order valence-corrected chi connectivity index (χ1v) is 7.97. The molecule has 0 radical (unpaired) electrons. The number of rotatable bonds is 8. The topological polar surface area (TPSA) is 50.2 Å². The second-order valence-electron chi connectivity index (χ2n) is 4.87. The first-order chi connectivity index (χ1) is 9.49. The third-order valence-corrected chi connectivity index (χ3v) is 4.60. The summed E-state index contributed by atoms with van der Waals surface area (Å²) < 4.78 is 2.71. The van der Waals surface area contributed by atoms with E-state index in [4.69, 9.17) is 0 Å². The van der Waals surface area contributed by atoms with Crippen molar-refractivity contribution in [1.29, 1.82) is 0 Å². The summed E-state index contributed by atoms with van der Waals surface area (Å²) in [5.41, 5.74) is 1.90. The van der Waals surface area contributed by atoms with E-state index in [0.29, 0.717) is 0 Å². The highest BCUT2D eigenvalue weighted by Crippen LogP contribution is 2.19. The lowest BCUT2D eigenvalue weighted by Gasteiger charge is -2.17. The largest absolute Gasteiger partial charge is 0.354 e. The summed E-state index contributed by atoms with van der Waals surface area (Å²) >= 11 is 3.46. The molecule has 6 heteroatoms. The molecule has 0 spiro atoms. The number of halogens is 1. The van der Waals surface area contributed by atoms with Gasteiger partial charge < -0.3 is 10.2 Å². The molecule has 20 heavy (non-hydrogen) atoms. The molecule has 0 saturated carbocycles. The SMILES string of the molecule is CCN(CC)CCCNC(=O)Cn1nc(C)c(Br)c1C. The zero-order chi connectivity index (χ0) is 15.1. The summed E-state index contributed by atoms with van der Waals surface area (Å²) in [6, 6.07) is 0. The summed E-state index contributed by atoms with van der Waals surface area (Å²) in [5, 5.41) is 7.28. The minimum Gasteiger partial charge on any atom is -0.354 e. The van der Waals surface area contributed by atoms with Crippen LogP contribution in [-0.4, -0.2) is 46.8 Å². The number of nitrogens with zero attached hydrogens (tertiary/aromatic N) is 3. The van der Waals surface area contributed by atoms with Crippen LogP contribution in [-0.2, 0) is 11.3 Å². The van der Waals surface area contributed by atoms with Gasteiger partial charge in [-0.1, -0.05) is 13.8 Å². The number of nitrogens with one attached hydrogen (secondary N) is 1. The Morgan fingerprint density at radius 1 is 1.35 bits per heavy atom. The Hall–Kier alpha value is -0.880. The van der Waals surface area contributed by atoms with Gasteiger partial charge >= 0.3 is 0 Å². The van der Waals surface area contributed by atoms with E-state index in [0.717, 1.165) is 48.5 Å². The number of aryl methyl sites for hydroxylation is 1. The molecular formula is C14H25BrN4O. The van der Waals surface area contributed by atoms with Crippen molar-refractivity contribution in [3.8, 4) is 0 Å². The highest BCUT2D eigenvalue weighted by atomic mass is 79.9. The molecule has 1 amide bonds. The van der Waals surface area contributed by atoms with E-state index in [-0.39, 0.29) is 12.5 Å². The zero-order valence-electron chi connectivity index (χ0n) is 12.9. The van der Waals surface area contributed by atoms with E-state index in [2.05, 4.69) is 45.1 Å².